The zero-order valence-corrected chi connectivity index (χ0v) is 15.8. The summed E-state index contributed by atoms with van der Waals surface area (Å²) in [5.41, 5.74) is 0. The van der Waals surface area contributed by atoms with Crippen LogP contribution in [0.4, 0.5) is 0 Å². The molecule has 23 heavy (non-hydrogen) atoms. The van der Waals surface area contributed by atoms with E-state index >= 15 is 0 Å². The maximum absolute atomic E-state index is 12.4. The molecule has 0 atom stereocenters. The first kappa shape index (κ1) is 18.7. The Morgan fingerprint density at radius 1 is 1.26 bits per heavy atom. The van der Waals surface area contributed by atoms with Gasteiger partial charge in [-0.15, -0.1) is 0 Å². The molecular formula is C16H24BrNO4S. The highest BCUT2D eigenvalue weighted by molar-refractivity contribution is 9.10. The zero-order chi connectivity index (χ0) is 16.7. The van der Waals surface area contributed by atoms with Crippen LogP contribution in [0.15, 0.2) is 27.6 Å². The van der Waals surface area contributed by atoms with Gasteiger partial charge in [-0.25, -0.2) is 13.1 Å². The molecule has 1 fully saturated rings. The zero-order valence-electron chi connectivity index (χ0n) is 13.4. The number of hydrogen-bond acceptors (Lipinski definition) is 4. The van der Waals surface area contributed by atoms with E-state index in [1.54, 1.807) is 18.2 Å². The van der Waals surface area contributed by atoms with Crippen LogP contribution in [0.25, 0.3) is 0 Å². The second kappa shape index (κ2) is 9.01. The van der Waals surface area contributed by atoms with Crippen LogP contribution in [0.5, 0.6) is 5.75 Å². The highest BCUT2D eigenvalue weighted by Crippen LogP contribution is 2.27. The lowest BCUT2D eigenvalue weighted by molar-refractivity contribution is 0.0278. The minimum Gasteiger partial charge on any atom is -0.495 e. The van der Waals surface area contributed by atoms with Crippen molar-refractivity contribution in [3.05, 3.63) is 22.7 Å². The van der Waals surface area contributed by atoms with Gasteiger partial charge in [0.05, 0.1) is 13.2 Å². The van der Waals surface area contributed by atoms with Crippen molar-refractivity contribution in [2.24, 2.45) is 0 Å². The number of benzene rings is 1. The third kappa shape index (κ3) is 5.74. The van der Waals surface area contributed by atoms with Crippen LogP contribution in [0.1, 0.15) is 38.5 Å². The Balaban J connectivity index is 1.81. The van der Waals surface area contributed by atoms with Crippen LogP contribution in [0, 0.1) is 0 Å². The average molecular weight is 406 g/mol. The molecule has 0 spiro atoms. The van der Waals surface area contributed by atoms with Crippen molar-refractivity contribution in [2.75, 3.05) is 20.3 Å². The van der Waals surface area contributed by atoms with Gasteiger partial charge >= 0.3 is 0 Å². The Hall–Kier alpha value is -0.630. The highest BCUT2D eigenvalue weighted by atomic mass is 79.9. The molecule has 1 aromatic rings. The van der Waals surface area contributed by atoms with Crippen LogP contribution in [0.3, 0.4) is 0 Å². The number of ether oxygens (including phenoxy) is 2. The fourth-order valence-electron chi connectivity index (χ4n) is 2.70. The van der Waals surface area contributed by atoms with E-state index in [-0.39, 0.29) is 4.90 Å². The summed E-state index contributed by atoms with van der Waals surface area (Å²) in [6.07, 6.45) is 7.03. The van der Waals surface area contributed by atoms with Gasteiger partial charge in [-0.1, -0.05) is 35.2 Å². The smallest absolute Gasteiger partial charge is 0.244 e. The average Bonchev–Trinajstić information content (AvgIpc) is 2.55. The third-order valence-corrected chi connectivity index (χ3v) is 5.91. The first-order chi connectivity index (χ1) is 11.0. The molecule has 0 amide bonds. The van der Waals surface area contributed by atoms with E-state index in [1.165, 1.54) is 26.4 Å². The molecule has 0 saturated heterocycles. The first-order valence-corrected chi connectivity index (χ1v) is 10.3. The quantitative estimate of drug-likeness (QED) is 0.672. The van der Waals surface area contributed by atoms with E-state index in [9.17, 15) is 8.42 Å². The molecule has 1 N–H and O–H groups in total. The van der Waals surface area contributed by atoms with E-state index in [1.807, 2.05) is 0 Å². The lowest BCUT2D eigenvalue weighted by Gasteiger charge is -2.21. The van der Waals surface area contributed by atoms with Gasteiger partial charge in [-0.3, -0.25) is 0 Å². The van der Waals surface area contributed by atoms with Crippen molar-refractivity contribution in [2.45, 2.75) is 49.5 Å². The Labute approximate surface area is 146 Å². The molecule has 0 aromatic heterocycles. The van der Waals surface area contributed by atoms with Crippen LogP contribution < -0.4 is 9.46 Å². The fourth-order valence-corrected chi connectivity index (χ4v) is 4.48. The fraction of sp³-hybridized carbons (Fsp3) is 0.625. The van der Waals surface area contributed by atoms with Gasteiger partial charge in [0.1, 0.15) is 10.6 Å². The van der Waals surface area contributed by atoms with Gasteiger partial charge in [0, 0.05) is 17.6 Å². The monoisotopic (exact) mass is 405 g/mol. The second-order valence-electron chi connectivity index (χ2n) is 5.68. The summed E-state index contributed by atoms with van der Waals surface area (Å²) in [5.74, 6) is 0.333. The van der Waals surface area contributed by atoms with Crippen LogP contribution in [-0.2, 0) is 14.8 Å². The largest absolute Gasteiger partial charge is 0.495 e. The number of rotatable bonds is 8. The SMILES string of the molecule is COc1ccc(Br)cc1S(=O)(=O)NCCCOC1CCCCC1. The Bertz CT molecular complexity index is 600. The minimum atomic E-state index is -3.59. The van der Waals surface area contributed by atoms with Crippen molar-refractivity contribution in [3.63, 3.8) is 0 Å². The highest BCUT2D eigenvalue weighted by Gasteiger charge is 2.19. The Morgan fingerprint density at radius 3 is 2.70 bits per heavy atom. The number of nitrogens with one attached hydrogen (secondary N) is 1. The molecule has 0 bridgehead atoms. The van der Waals surface area contributed by atoms with Gasteiger partial charge in [-0.05, 0) is 37.5 Å². The van der Waals surface area contributed by atoms with Crippen LogP contribution >= 0.6 is 15.9 Å². The molecule has 2 rings (SSSR count). The van der Waals surface area contributed by atoms with Gasteiger partial charge in [0.2, 0.25) is 10.0 Å². The predicted molar refractivity (Wildman–Crippen MR) is 93.3 cm³/mol. The predicted octanol–water partition coefficient (Wildman–Crippen LogP) is 3.48. The molecule has 0 heterocycles. The Morgan fingerprint density at radius 2 is 2.00 bits per heavy atom. The summed E-state index contributed by atoms with van der Waals surface area (Å²) in [5, 5.41) is 0. The molecule has 130 valence electrons. The summed E-state index contributed by atoms with van der Waals surface area (Å²) in [6, 6.07) is 4.92. The van der Waals surface area contributed by atoms with Crippen molar-refractivity contribution in [1.82, 2.24) is 4.72 Å². The third-order valence-electron chi connectivity index (χ3n) is 3.93. The van der Waals surface area contributed by atoms with Gasteiger partial charge in [0.15, 0.2) is 0 Å². The Kier molecular flexibility index (Phi) is 7.33. The maximum Gasteiger partial charge on any atom is 0.244 e. The van der Waals surface area contributed by atoms with E-state index < -0.39 is 10.0 Å². The molecule has 1 aliphatic rings. The lowest BCUT2D eigenvalue weighted by Crippen LogP contribution is -2.27. The number of methoxy groups -OCH3 is 1. The minimum absolute atomic E-state index is 0.141. The van der Waals surface area contributed by atoms with E-state index in [0.29, 0.717) is 35.9 Å². The van der Waals surface area contributed by atoms with Crippen LogP contribution in [0.2, 0.25) is 0 Å². The molecule has 5 nitrogen and oxygen atoms in total. The first-order valence-electron chi connectivity index (χ1n) is 7.98. The standard InChI is InChI=1S/C16H24BrNO4S/c1-21-15-9-8-13(17)12-16(15)23(19,20)18-10-5-11-22-14-6-3-2-4-7-14/h8-9,12,14,18H,2-7,10-11H2,1H3. The van der Waals surface area contributed by atoms with Crippen molar-refractivity contribution in [1.29, 1.82) is 0 Å². The van der Waals surface area contributed by atoms with Crippen molar-refractivity contribution in [3.8, 4) is 5.75 Å². The van der Waals surface area contributed by atoms with E-state index in [0.717, 1.165) is 12.8 Å². The normalized spacial score (nSPS) is 16.4. The summed E-state index contributed by atoms with van der Waals surface area (Å²) < 4.78 is 39.0. The maximum atomic E-state index is 12.4. The number of sulfonamides is 1. The molecular weight excluding hydrogens is 382 g/mol. The molecule has 1 aliphatic carbocycles. The summed E-state index contributed by atoms with van der Waals surface area (Å²) >= 11 is 3.29. The second-order valence-corrected chi connectivity index (χ2v) is 8.33. The molecule has 0 radical (unpaired) electrons. The summed E-state index contributed by atoms with van der Waals surface area (Å²) in [6.45, 7) is 0.938. The summed E-state index contributed by atoms with van der Waals surface area (Å²) in [7, 11) is -2.13. The molecule has 0 aliphatic heterocycles. The van der Waals surface area contributed by atoms with Crippen molar-refractivity contribution >= 4 is 26.0 Å². The molecule has 0 unspecified atom stereocenters. The van der Waals surface area contributed by atoms with E-state index in [4.69, 9.17) is 9.47 Å². The molecule has 1 aromatic carbocycles. The van der Waals surface area contributed by atoms with Gasteiger partial charge < -0.3 is 9.47 Å². The number of halogens is 1. The molecule has 1 saturated carbocycles. The number of hydrogen-bond donors (Lipinski definition) is 1. The summed E-state index contributed by atoms with van der Waals surface area (Å²) in [4.78, 5) is 0.141. The lowest BCUT2D eigenvalue weighted by atomic mass is 9.98. The van der Waals surface area contributed by atoms with E-state index in [2.05, 4.69) is 20.7 Å². The molecule has 7 heteroatoms. The van der Waals surface area contributed by atoms with Gasteiger partial charge in [0.25, 0.3) is 0 Å². The topological polar surface area (TPSA) is 64.6 Å². The van der Waals surface area contributed by atoms with Crippen molar-refractivity contribution < 1.29 is 17.9 Å². The van der Waals surface area contributed by atoms with Gasteiger partial charge in [-0.2, -0.15) is 0 Å². The van der Waals surface area contributed by atoms with Crippen LogP contribution in [-0.4, -0.2) is 34.8 Å².